The number of methoxy groups -OCH3 is 1. The van der Waals surface area contributed by atoms with Gasteiger partial charge in [0.25, 0.3) is 0 Å². The zero-order valence-electron chi connectivity index (χ0n) is 10.6. The standard InChI is InChI=1S/C14H14Cl2N2O/c1-19-12-5-3-7-18-11(12)8-10(15)13(18)9-4-2-6-17-14(9)16/h2,4,6,8,12H,3,5,7H2,1H3. The second-order valence-corrected chi connectivity index (χ2v) is 5.39. The van der Waals surface area contributed by atoms with Crippen molar-refractivity contribution in [2.24, 2.45) is 0 Å². The van der Waals surface area contributed by atoms with Crippen LogP contribution in [0.1, 0.15) is 24.6 Å². The van der Waals surface area contributed by atoms with Crippen molar-refractivity contribution in [1.82, 2.24) is 9.55 Å². The van der Waals surface area contributed by atoms with Gasteiger partial charge in [0.05, 0.1) is 16.8 Å². The molecule has 3 heterocycles. The highest BCUT2D eigenvalue weighted by molar-refractivity contribution is 6.35. The normalized spacial score (nSPS) is 18.4. The minimum atomic E-state index is 0.107. The van der Waals surface area contributed by atoms with Crippen LogP contribution in [0.2, 0.25) is 10.2 Å². The van der Waals surface area contributed by atoms with E-state index in [9.17, 15) is 0 Å². The molecule has 1 unspecified atom stereocenters. The molecule has 0 aromatic carbocycles. The van der Waals surface area contributed by atoms with Crippen LogP contribution in [0.15, 0.2) is 24.4 Å². The molecule has 0 aliphatic carbocycles. The highest BCUT2D eigenvalue weighted by Crippen LogP contribution is 2.40. The van der Waals surface area contributed by atoms with Gasteiger partial charge in [-0.1, -0.05) is 23.2 Å². The number of hydrogen-bond donors (Lipinski definition) is 0. The van der Waals surface area contributed by atoms with Crippen molar-refractivity contribution in [3.8, 4) is 11.3 Å². The van der Waals surface area contributed by atoms with Crippen LogP contribution in [0.5, 0.6) is 0 Å². The van der Waals surface area contributed by atoms with Crippen molar-refractivity contribution >= 4 is 23.2 Å². The fraction of sp³-hybridized carbons (Fsp3) is 0.357. The molecule has 0 saturated heterocycles. The molecule has 3 nitrogen and oxygen atoms in total. The molecule has 1 aliphatic heterocycles. The summed E-state index contributed by atoms with van der Waals surface area (Å²) in [4.78, 5) is 4.13. The first-order valence-electron chi connectivity index (χ1n) is 6.25. The van der Waals surface area contributed by atoms with Gasteiger partial charge in [-0.3, -0.25) is 0 Å². The van der Waals surface area contributed by atoms with Crippen LogP contribution in [-0.2, 0) is 11.3 Å². The average molecular weight is 297 g/mol. The lowest BCUT2D eigenvalue weighted by atomic mass is 10.1. The fourth-order valence-electron chi connectivity index (χ4n) is 2.70. The lowest BCUT2D eigenvalue weighted by molar-refractivity contribution is 0.0762. The SMILES string of the molecule is COC1CCCn2c1cc(Cl)c2-c1cccnc1Cl. The van der Waals surface area contributed by atoms with E-state index < -0.39 is 0 Å². The lowest BCUT2D eigenvalue weighted by Crippen LogP contribution is -2.17. The highest BCUT2D eigenvalue weighted by atomic mass is 35.5. The van der Waals surface area contributed by atoms with Gasteiger partial charge in [-0.25, -0.2) is 4.98 Å². The molecule has 19 heavy (non-hydrogen) atoms. The quantitative estimate of drug-likeness (QED) is 0.771. The number of ether oxygens (including phenoxy) is 1. The van der Waals surface area contributed by atoms with Crippen LogP contribution in [-0.4, -0.2) is 16.7 Å². The Bertz CT molecular complexity index is 609. The van der Waals surface area contributed by atoms with Crippen molar-refractivity contribution in [3.63, 3.8) is 0 Å². The fourth-order valence-corrected chi connectivity index (χ4v) is 3.22. The molecule has 1 atom stereocenters. The van der Waals surface area contributed by atoms with Gasteiger partial charge in [-0.15, -0.1) is 0 Å². The van der Waals surface area contributed by atoms with Crippen molar-refractivity contribution in [2.75, 3.05) is 7.11 Å². The van der Waals surface area contributed by atoms with Gasteiger partial charge in [0.1, 0.15) is 5.15 Å². The summed E-state index contributed by atoms with van der Waals surface area (Å²) < 4.78 is 7.72. The van der Waals surface area contributed by atoms with Crippen LogP contribution in [0.25, 0.3) is 11.3 Å². The van der Waals surface area contributed by atoms with E-state index in [1.165, 1.54) is 0 Å². The summed E-state index contributed by atoms with van der Waals surface area (Å²) in [6, 6.07) is 5.79. The van der Waals surface area contributed by atoms with Crippen LogP contribution in [0.4, 0.5) is 0 Å². The van der Waals surface area contributed by atoms with Crippen molar-refractivity contribution in [3.05, 3.63) is 40.3 Å². The van der Waals surface area contributed by atoms with E-state index in [1.54, 1.807) is 13.3 Å². The summed E-state index contributed by atoms with van der Waals surface area (Å²) in [5.41, 5.74) is 2.93. The molecule has 3 rings (SSSR count). The number of pyridine rings is 1. The molecular formula is C14H14Cl2N2O. The Hall–Kier alpha value is -1.03. The Morgan fingerprint density at radius 2 is 2.26 bits per heavy atom. The summed E-state index contributed by atoms with van der Waals surface area (Å²) in [5, 5.41) is 1.18. The van der Waals surface area contributed by atoms with Crippen LogP contribution < -0.4 is 0 Å². The molecular weight excluding hydrogens is 283 g/mol. The number of hydrogen-bond acceptors (Lipinski definition) is 2. The second kappa shape index (κ2) is 5.16. The van der Waals surface area contributed by atoms with Gasteiger partial charge in [0, 0.05) is 31.1 Å². The first kappa shape index (κ1) is 13.0. The number of nitrogens with zero attached hydrogens (tertiary/aromatic N) is 2. The van der Waals surface area contributed by atoms with Crippen LogP contribution >= 0.6 is 23.2 Å². The van der Waals surface area contributed by atoms with E-state index in [-0.39, 0.29) is 6.10 Å². The summed E-state index contributed by atoms with van der Waals surface area (Å²) in [6.45, 7) is 0.933. The zero-order chi connectivity index (χ0) is 13.4. The van der Waals surface area contributed by atoms with E-state index in [1.807, 2.05) is 18.2 Å². The van der Waals surface area contributed by atoms with Gasteiger partial charge < -0.3 is 9.30 Å². The van der Waals surface area contributed by atoms with Crippen molar-refractivity contribution < 1.29 is 4.74 Å². The first-order valence-corrected chi connectivity index (χ1v) is 7.00. The molecule has 2 aromatic rings. The Balaban J connectivity index is 2.18. The molecule has 1 aliphatic rings. The summed E-state index contributed by atoms with van der Waals surface area (Å²) in [7, 11) is 1.73. The molecule has 0 radical (unpaired) electrons. The molecule has 5 heteroatoms. The van der Waals surface area contributed by atoms with E-state index in [2.05, 4.69) is 9.55 Å². The third kappa shape index (κ3) is 2.16. The number of halogens is 2. The molecule has 0 fully saturated rings. The average Bonchev–Trinajstić information content (AvgIpc) is 2.75. The third-order valence-corrected chi connectivity index (χ3v) is 4.15. The lowest BCUT2D eigenvalue weighted by Gasteiger charge is -2.25. The largest absolute Gasteiger partial charge is 0.375 e. The predicted molar refractivity (Wildman–Crippen MR) is 76.7 cm³/mol. The Morgan fingerprint density at radius 3 is 3.00 bits per heavy atom. The molecule has 0 spiro atoms. The maximum Gasteiger partial charge on any atom is 0.138 e. The molecule has 0 N–H and O–H groups in total. The zero-order valence-corrected chi connectivity index (χ0v) is 12.1. The Kier molecular flexibility index (Phi) is 3.52. The maximum atomic E-state index is 6.40. The summed E-state index contributed by atoms with van der Waals surface area (Å²) in [6.07, 6.45) is 3.88. The summed E-state index contributed by atoms with van der Waals surface area (Å²) in [5.74, 6) is 0. The van der Waals surface area contributed by atoms with Gasteiger partial charge in [0.2, 0.25) is 0 Å². The van der Waals surface area contributed by atoms with Crippen LogP contribution in [0.3, 0.4) is 0 Å². The summed E-state index contributed by atoms with van der Waals surface area (Å²) >= 11 is 12.6. The Morgan fingerprint density at radius 1 is 1.42 bits per heavy atom. The van der Waals surface area contributed by atoms with E-state index >= 15 is 0 Å². The molecule has 0 amide bonds. The van der Waals surface area contributed by atoms with E-state index in [4.69, 9.17) is 27.9 Å². The van der Waals surface area contributed by atoms with Crippen molar-refractivity contribution in [2.45, 2.75) is 25.5 Å². The monoisotopic (exact) mass is 296 g/mol. The third-order valence-electron chi connectivity index (χ3n) is 3.56. The molecule has 0 saturated carbocycles. The van der Waals surface area contributed by atoms with Gasteiger partial charge in [0.15, 0.2) is 0 Å². The molecule has 2 aromatic heterocycles. The molecule has 0 bridgehead atoms. The number of aromatic nitrogens is 2. The number of rotatable bonds is 2. The van der Waals surface area contributed by atoms with E-state index in [0.29, 0.717) is 10.2 Å². The minimum absolute atomic E-state index is 0.107. The number of fused-ring (bicyclic) bond motifs is 1. The second-order valence-electron chi connectivity index (χ2n) is 4.63. The smallest absolute Gasteiger partial charge is 0.138 e. The first-order chi connectivity index (χ1) is 9.22. The Labute approximate surface area is 122 Å². The van der Waals surface area contributed by atoms with Gasteiger partial charge in [-0.05, 0) is 31.0 Å². The highest BCUT2D eigenvalue weighted by Gasteiger charge is 2.26. The predicted octanol–water partition coefficient (Wildman–Crippen LogP) is 4.34. The maximum absolute atomic E-state index is 6.40. The van der Waals surface area contributed by atoms with Crippen molar-refractivity contribution in [1.29, 1.82) is 0 Å². The van der Waals surface area contributed by atoms with Crippen LogP contribution in [0, 0.1) is 0 Å². The molecule has 100 valence electrons. The van der Waals surface area contributed by atoms with E-state index in [0.717, 1.165) is 36.3 Å². The van der Waals surface area contributed by atoms with Gasteiger partial charge in [-0.2, -0.15) is 0 Å². The van der Waals surface area contributed by atoms with Gasteiger partial charge >= 0.3 is 0 Å². The minimum Gasteiger partial charge on any atom is -0.375 e. The topological polar surface area (TPSA) is 27.1 Å².